The third-order valence-corrected chi connectivity index (χ3v) is 4.62. The molecule has 3 nitrogen and oxygen atoms in total. The maximum Gasteiger partial charge on any atom is 0.0472 e. The summed E-state index contributed by atoms with van der Waals surface area (Å²) < 4.78 is 5.60. The molecule has 0 saturated carbocycles. The quantitative estimate of drug-likeness (QED) is 0.623. The van der Waals surface area contributed by atoms with Crippen LogP contribution >= 0.6 is 0 Å². The van der Waals surface area contributed by atoms with Crippen LogP contribution in [0, 0.1) is 5.41 Å². The van der Waals surface area contributed by atoms with Gasteiger partial charge in [-0.1, -0.05) is 26.7 Å². The van der Waals surface area contributed by atoms with Gasteiger partial charge in [0.25, 0.3) is 0 Å². The second-order valence-corrected chi connectivity index (χ2v) is 6.66. The van der Waals surface area contributed by atoms with Crippen LogP contribution in [0.3, 0.4) is 0 Å². The molecule has 0 aliphatic carbocycles. The summed E-state index contributed by atoms with van der Waals surface area (Å²) in [6, 6.07) is 0.646. The Balaban J connectivity index is 2.58. The van der Waals surface area contributed by atoms with Crippen LogP contribution in [0.1, 0.15) is 59.8 Å². The standard InChI is InChI=1S/C17H36N2O/c1-5-7-8-11-19(16(3)4)15-17(14-18-6-2)9-12-20-13-10-17/h16,18H,5-15H2,1-4H3. The van der Waals surface area contributed by atoms with Gasteiger partial charge in [-0.2, -0.15) is 0 Å². The Morgan fingerprint density at radius 1 is 1.15 bits per heavy atom. The van der Waals surface area contributed by atoms with E-state index in [0.29, 0.717) is 11.5 Å². The van der Waals surface area contributed by atoms with Gasteiger partial charge < -0.3 is 15.0 Å². The Morgan fingerprint density at radius 2 is 1.85 bits per heavy atom. The number of nitrogens with zero attached hydrogens (tertiary/aromatic N) is 1. The summed E-state index contributed by atoms with van der Waals surface area (Å²) in [4.78, 5) is 2.69. The molecule has 0 radical (unpaired) electrons. The molecule has 0 aromatic rings. The van der Waals surface area contributed by atoms with Crippen LogP contribution in [0.2, 0.25) is 0 Å². The van der Waals surface area contributed by atoms with Crippen molar-refractivity contribution in [3.8, 4) is 0 Å². The van der Waals surface area contributed by atoms with Crippen molar-refractivity contribution in [2.75, 3.05) is 39.4 Å². The third-order valence-electron chi connectivity index (χ3n) is 4.62. The van der Waals surface area contributed by atoms with Gasteiger partial charge in [-0.3, -0.25) is 0 Å². The smallest absolute Gasteiger partial charge is 0.0472 e. The molecule has 1 aliphatic heterocycles. The molecule has 1 saturated heterocycles. The summed E-state index contributed by atoms with van der Waals surface area (Å²) in [6.45, 7) is 15.7. The van der Waals surface area contributed by atoms with Crippen molar-refractivity contribution < 1.29 is 4.74 Å². The van der Waals surface area contributed by atoms with Gasteiger partial charge in [0, 0.05) is 32.3 Å². The predicted octanol–water partition coefficient (Wildman–Crippen LogP) is 3.29. The SMILES string of the molecule is CCCCCN(CC1(CNCC)CCOCC1)C(C)C. The van der Waals surface area contributed by atoms with Crippen molar-refractivity contribution in [3.63, 3.8) is 0 Å². The summed E-state index contributed by atoms with van der Waals surface area (Å²) >= 11 is 0. The summed E-state index contributed by atoms with van der Waals surface area (Å²) in [5, 5.41) is 3.59. The van der Waals surface area contributed by atoms with Gasteiger partial charge in [-0.05, 0) is 51.6 Å². The van der Waals surface area contributed by atoms with E-state index in [1.165, 1.54) is 45.2 Å². The van der Waals surface area contributed by atoms with Gasteiger partial charge in [0.15, 0.2) is 0 Å². The Kier molecular flexibility index (Phi) is 8.74. The van der Waals surface area contributed by atoms with Gasteiger partial charge >= 0.3 is 0 Å². The lowest BCUT2D eigenvalue weighted by Crippen LogP contribution is -2.49. The van der Waals surface area contributed by atoms with E-state index in [0.717, 1.165) is 26.3 Å². The Bertz CT molecular complexity index is 237. The highest BCUT2D eigenvalue weighted by molar-refractivity contribution is 4.88. The van der Waals surface area contributed by atoms with Crippen LogP contribution in [0.5, 0.6) is 0 Å². The number of rotatable bonds is 10. The van der Waals surface area contributed by atoms with Crippen LogP contribution in [0.15, 0.2) is 0 Å². The fraction of sp³-hybridized carbons (Fsp3) is 1.00. The van der Waals surface area contributed by atoms with E-state index in [-0.39, 0.29) is 0 Å². The second-order valence-electron chi connectivity index (χ2n) is 6.66. The Labute approximate surface area is 126 Å². The number of hydrogen-bond donors (Lipinski definition) is 1. The molecule has 0 aromatic carbocycles. The van der Waals surface area contributed by atoms with Crippen molar-refractivity contribution in [1.82, 2.24) is 10.2 Å². The highest BCUT2D eigenvalue weighted by Crippen LogP contribution is 2.31. The molecule has 0 bridgehead atoms. The minimum atomic E-state index is 0.421. The largest absolute Gasteiger partial charge is 0.381 e. The molecule has 20 heavy (non-hydrogen) atoms. The molecule has 1 aliphatic rings. The van der Waals surface area contributed by atoms with Crippen molar-refractivity contribution in [3.05, 3.63) is 0 Å². The highest BCUT2D eigenvalue weighted by Gasteiger charge is 2.34. The third kappa shape index (κ3) is 6.11. The summed E-state index contributed by atoms with van der Waals surface area (Å²) in [7, 11) is 0. The number of hydrogen-bond acceptors (Lipinski definition) is 3. The zero-order chi connectivity index (χ0) is 14.8. The summed E-state index contributed by atoms with van der Waals surface area (Å²) in [5.41, 5.74) is 0.421. The van der Waals surface area contributed by atoms with Crippen LogP contribution < -0.4 is 5.32 Å². The molecule has 0 atom stereocenters. The van der Waals surface area contributed by atoms with Gasteiger partial charge in [-0.25, -0.2) is 0 Å². The van der Waals surface area contributed by atoms with Crippen LogP contribution in [-0.4, -0.2) is 50.3 Å². The molecule has 0 spiro atoms. The van der Waals surface area contributed by atoms with E-state index in [1.54, 1.807) is 0 Å². The predicted molar refractivity (Wildman–Crippen MR) is 87.3 cm³/mol. The summed E-state index contributed by atoms with van der Waals surface area (Å²) in [5.74, 6) is 0. The van der Waals surface area contributed by atoms with E-state index in [9.17, 15) is 0 Å². The fourth-order valence-electron chi connectivity index (χ4n) is 3.10. The lowest BCUT2D eigenvalue weighted by atomic mass is 9.79. The first kappa shape index (κ1) is 17.9. The molecule has 1 heterocycles. The van der Waals surface area contributed by atoms with Crippen LogP contribution in [0.25, 0.3) is 0 Å². The van der Waals surface area contributed by atoms with Crippen molar-refractivity contribution in [1.29, 1.82) is 0 Å². The van der Waals surface area contributed by atoms with Gasteiger partial charge in [0.1, 0.15) is 0 Å². The summed E-state index contributed by atoms with van der Waals surface area (Å²) in [6.07, 6.45) is 6.41. The molecule has 0 amide bonds. The number of unbranched alkanes of at least 4 members (excludes halogenated alkanes) is 2. The zero-order valence-electron chi connectivity index (χ0n) is 14.2. The van der Waals surface area contributed by atoms with E-state index in [4.69, 9.17) is 4.74 Å². The van der Waals surface area contributed by atoms with Gasteiger partial charge in [0.2, 0.25) is 0 Å². The van der Waals surface area contributed by atoms with Crippen LogP contribution in [-0.2, 0) is 4.74 Å². The molecule has 120 valence electrons. The molecule has 3 heteroatoms. The molecule has 0 unspecified atom stereocenters. The average Bonchev–Trinajstić information content (AvgIpc) is 2.45. The van der Waals surface area contributed by atoms with E-state index in [1.807, 2.05) is 0 Å². The van der Waals surface area contributed by atoms with Gasteiger partial charge in [-0.15, -0.1) is 0 Å². The molecule has 1 rings (SSSR count). The second kappa shape index (κ2) is 9.75. The Hall–Kier alpha value is -0.120. The fourth-order valence-corrected chi connectivity index (χ4v) is 3.10. The first-order valence-corrected chi connectivity index (χ1v) is 8.66. The minimum absolute atomic E-state index is 0.421. The number of ether oxygens (including phenoxy) is 1. The molecular formula is C17H36N2O. The molecular weight excluding hydrogens is 248 g/mol. The van der Waals surface area contributed by atoms with Crippen LogP contribution in [0.4, 0.5) is 0 Å². The van der Waals surface area contributed by atoms with Crippen molar-refractivity contribution >= 4 is 0 Å². The maximum atomic E-state index is 5.60. The zero-order valence-corrected chi connectivity index (χ0v) is 14.2. The lowest BCUT2D eigenvalue weighted by Gasteiger charge is -2.42. The monoisotopic (exact) mass is 284 g/mol. The van der Waals surface area contributed by atoms with E-state index in [2.05, 4.69) is 37.9 Å². The molecule has 0 aromatic heterocycles. The van der Waals surface area contributed by atoms with E-state index < -0.39 is 0 Å². The first-order chi connectivity index (χ1) is 9.63. The first-order valence-electron chi connectivity index (χ1n) is 8.66. The Morgan fingerprint density at radius 3 is 2.40 bits per heavy atom. The average molecular weight is 284 g/mol. The molecule has 1 fully saturated rings. The van der Waals surface area contributed by atoms with Crippen molar-refractivity contribution in [2.24, 2.45) is 5.41 Å². The minimum Gasteiger partial charge on any atom is -0.381 e. The highest BCUT2D eigenvalue weighted by atomic mass is 16.5. The number of nitrogens with one attached hydrogen (secondary N) is 1. The topological polar surface area (TPSA) is 24.5 Å². The lowest BCUT2D eigenvalue weighted by molar-refractivity contribution is -0.00953. The maximum absolute atomic E-state index is 5.60. The van der Waals surface area contributed by atoms with Gasteiger partial charge in [0.05, 0.1) is 0 Å². The van der Waals surface area contributed by atoms with E-state index >= 15 is 0 Å². The normalized spacial score (nSPS) is 18.9. The molecule has 1 N–H and O–H groups in total. The van der Waals surface area contributed by atoms with Crippen molar-refractivity contribution in [2.45, 2.75) is 65.8 Å².